The van der Waals surface area contributed by atoms with Crippen LogP contribution in [-0.4, -0.2) is 11.0 Å². The van der Waals surface area contributed by atoms with Crippen LogP contribution in [0.1, 0.15) is 31.9 Å². The predicted molar refractivity (Wildman–Crippen MR) is 92.0 cm³/mol. The van der Waals surface area contributed by atoms with Crippen molar-refractivity contribution in [3.63, 3.8) is 0 Å². The Bertz CT molecular complexity index is 736. The highest BCUT2D eigenvalue weighted by molar-refractivity contribution is 5.85. The Kier molecular flexibility index (Phi) is 5.18. The van der Waals surface area contributed by atoms with E-state index in [1.807, 2.05) is 51.1 Å². The molecule has 0 spiro atoms. The zero-order valence-corrected chi connectivity index (χ0v) is 13.9. The van der Waals surface area contributed by atoms with E-state index in [2.05, 4.69) is 5.32 Å². The van der Waals surface area contributed by atoms with E-state index in [4.69, 9.17) is 4.74 Å². The fourth-order valence-corrected chi connectivity index (χ4v) is 2.27. The molecular weight excluding hydrogens is 308 g/mol. The smallest absolute Gasteiger partial charge is 0.411 e. The Morgan fingerprint density at radius 2 is 1.83 bits per heavy atom. The van der Waals surface area contributed by atoms with Gasteiger partial charge in [-0.25, -0.2) is 4.79 Å². The molecule has 1 amide bonds. The molecule has 0 unspecified atom stereocenters. The zero-order valence-electron chi connectivity index (χ0n) is 13.9. The number of carbonyl (C=O) groups is 1. The standard InChI is InChI=1S/C18H20N2O4/c1-18(2,3)15-10-9-14(11-16(15)20(22)23)19-17(21)24-12-13-7-5-4-6-8-13/h4-11H,12H2,1-3H3,(H,19,21). The molecule has 6 nitrogen and oxygen atoms in total. The van der Waals surface area contributed by atoms with E-state index < -0.39 is 11.0 Å². The number of nitro benzene ring substituents is 1. The van der Waals surface area contributed by atoms with E-state index in [1.54, 1.807) is 12.1 Å². The Morgan fingerprint density at radius 1 is 1.17 bits per heavy atom. The fourth-order valence-electron chi connectivity index (χ4n) is 2.27. The minimum Gasteiger partial charge on any atom is -0.444 e. The van der Waals surface area contributed by atoms with Gasteiger partial charge in [0, 0.05) is 11.6 Å². The molecule has 0 saturated carbocycles. The summed E-state index contributed by atoms with van der Waals surface area (Å²) < 4.78 is 5.11. The summed E-state index contributed by atoms with van der Waals surface area (Å²) in [5.41, 5.74) is 1.41. The lowest BCUT2D eigenvalue weighted by molar-refractivity contribution is -0.385. The average Bonchev–Trinajstić information content (AvgIpc) is 2.53. The first-order valence-corrected chi connectivity index (χ1v) is 7.54. The third kappa shape index (κ3) is 4.55. The number of amides is 1. The topological polar surface area (TPSA) is 81.5 Å². The summed E-state index contributed by atoms with van der Waals surface area (Å²) in [5, 5.41) is 13.8. The minimum atomic E-state index is -0.656. The number of hydrogen-bond acceptors (Lipinski definition) is 4. The van der Waals surface area contributed by atoms with Gasteiger partial charge < -0.3 is 4.74 Å². The van der Waals surface area contributed by atoms with Crippen molar-refractivity contribution in [3.8, 4) is 0 Å². The van der Waals surface area contributed by atoms with Gasteiger partial charge in [-0.15, -0.1) is 0 Å². The van der Waals surface area contributed by atoms with Gasteiger partial charge in [-0.3, -0.25) is 15.4 Å². The molecule has 1 N–H and O–H groups in total. The highest BCUT2D eigenvalue weighted by Crippen LogP contribution is 2.33. The van der Waals surface area contributed by atoms with Gasteiger partial charge in [-0.1, -0.05) is 51.1 Å². The second-order valence-electron chi connectivity index (χ2n) is 6.43. The van der Waals surface area contributed by atoms with Crippen molar-refractivity contribution in [1.29, 1.82) is 0 Å². The number of benzene rings is 2. The maximum absolute atomic E-state index is 11.8. The molecule has 0 saturated heterocycles. The van der Waals surface area contributed by atoms with E-state index in [0.717, 1.165) is 5.56 Å². The molecule has 126 valence electrons. The molecule has 2 rings (SSSR count). The highest BCUT2D eigenvalue weighted by Gasteiger charge is 2.25. The summed E-state index contributed by atoms with van der Waals surface area (Å²) in [4.78, 5) is 22.7. The number of nitrogens with one attached hydrogen (secondary N) is 1. The maximum atomic E-state index is 11.8. The monoisotopic (exact) mass is 328 g/mol. The largest absolute Gasteiger partial charge is 0.444 e. The first-order chi connectivity index (χ1) is 11.3. The molecule has 0 aliphatic carbocycles. The molecule has 0 radical (unpaired) electrons. The summed E-state index contributed by atoms with van der Waals surface area (Å²) >= 11 is 0. The normalized spacial score (nSPS) is 11.0. The van der Waals surface area contributed by atoms with E-state index in [-0.39, 0.29) is 17.7 Å². The van der Waals surface area contributed by atoms with Crippen LogP contribution in [0.15, 0.2) is 48.5 Å². The molecular formula is C18H20N2O4. The van der Waals surface area contributed by atoms with E-state index >= 15 is 0 Å². The quantitative estimate of drug-likeness (QED) is 0.654. The SMILES string of the molecule is CC(C)(C)c1ccc(NC(=O)OCc2ccccc2)cc1[N+](=O)[O-]. The minimum absolute atomic E-state index is 0.0247. The van der Waals surface area contributed by atoms with Gasteiger partial charge in [0.25, 0.3) is 5.69 Å². The second kappa shape index (κ2) is 7.12. The molecule has 0 bridgehead atoms. The summed E-state index contributed by atoms with van der Waals surface area (Å²) in [7, 11) is 0. The van der Waals surface area contributed by atoms with Crippen molar-refractivity contribution in [2.45, 2.75) is 32.8 Å². The number of carbonyl (C=O) groups excluding carboxylic acids is 1. The summed E-state index contributed by atoms with van der Waals surface area (Å²) in [6.45, 7) is 5.83. The number of nitrogens with zero attached hydrogens (tertiary/aromatic N) is 1. The van der Waals surface area contributed by atoms with Crippen LogP contribution in [0.2, 0.25) is 0 Å². The lowest BCUT2D eigenvalue weighted by Crippen LogP contribution is -2.16. The molecule has 0 aromatic heterocycles. The van der Waals surface area contributed by atoms with Gasteiger partial charge in [0.2, 0.25) is 0 Å². The van der Waals surface area contributed by atoms with Crippen LogP contribution in [0.5, 0.6) is 0 Å². The predicted octanol–water partition coefficient (Wildman–Crippen LogP) is 4.64. The Balaban J connectivity index is 2.08. The molecule has 24 heavy (non-hydrogen) atoms. The molecule has 0 atom stereocenters. The van der Waals surface area contributed by atoms with Crippen LogP contribution >= 0.6 is 0 Å². The zero-order chi connectivity index (χ0) is 17.7. The van der Waals surface area contributed by atoms with Crippen molar-refractivity contribution >= 4 is 17.5 Å². The maximum Gasteiger partial charge on any atom is 0.411 e. The van der Waals surface area contributed by atoms with E-state index in [9.17, 15) is 14.9 Å². The summed E-state index contributed by atoms with van der Waals surface area (Å²) in [6, 6.07) is 13.9. The van der Waals surface area contributed by atoms with Gasteiger partial charge in [0.15, 0.2) is 0 Å². The van der Waals surface area contributed by atoms with Crippen LogP contribution in [0, 0.1) is 10.1 Å². The van der Waals surface area contributed by atoms with Crippen LogP contribution in [0.4, 0.5) is 16.2 Å². The van der Waals surface area contributed by atoms with Gasteiger partial charge in [0.1, 0.15) is 6.61 Å². The van der Waals surface area contributed by atoms with Crippen molar-refractivity contribution in [2.75, 3.05) is 5.32 Å². The summed E-state index contributed by atoms with van der Waals surface area (Å²) in [5.74, 6) is 0. The number of hydrogen-bond donors (Lipinski definition) is 1. The van der Waals surface area contributed by atoms with Gasteiger partial charge in [-0.05, 0) is 23.1 Å². The van der Waals surface area contributed by atoms with Crippen LogP contribution in [0.3, 0.4) is 0 Å². The second-order valence-corrected chi connectivity index (χ2v) is 6.43. The number of anilines is 1. The Labute approximate surface area is 140 Å². The van der Waals surface area contributed by atoms with Gasteiger partial charge in [0.05, 0.1) is 10.6 Å². The van der Waals surface area contributed by atoms with E-state index in [0.29, 0.717) is 11.3 Å². The van der Waals surface area contributed by atoms with Crippen molar-refractivity contribution < 1.29 is 14.5 Å². The third-order valence-electron chi connectivity index (χ3n) is 3.46. The lowest BCUT2D eigenvalue weighted by Gasteiger charge is -2.19. The molecule has 2 aromatic rings. The van der Waals surface area contributed by atoms with Gasteiger partial charge >= 0.3 is 6.09 Å². The first-order valence-electron chi connectivity index (χ1n) is 7.54. The van der Waals surface area contributed by atoms with Crippen LogP contribution in [0.25, 0.3) is 0 Å². The fraction of sp³-hybridized carbons (Fsp3) is 0.278. The number of rotatable bonds is 4. The van der Waals surface area contributed by atoms with Crippen molar-refractivity contribution in [1.82, 2.24) is 0 Å². The van der Waals surface area contributed by atoms with Gasteiger partial charge in [-0.2, -0.15) is 0 Å². The molecule has 0 aliphatic rings. The van der Waals surface area contributed by atoms with Crippen molar-refractivity contribution in [2.24, 2.45) is 0 Å². The number of ether oxygens (including phenoxy) is 1. The molecule has 0 heterocycles. The average molecular weight is 328 g/mol. The van der Waals surface area contributed by atoms with E-state index in [1.165, 1.54) is 6.07 Å². The van der Waals surface area contributed by atoms with Crippen molar-refractivity contribution in [3.05, 3.63) is 69.8 Å². The van der Waals surface area contributed by atoms with Crippen LogP contribution < -0.4 is 5.32 Å². The first kappa shape index (κ1) is 17.5. The van der Waals surface area contributed by atoms with Crippen LogP contribution in [-0.2, 0) is 16.8 Å². The summed E-state index contributed by atoms with van der Waals surface area (Å²) in [6.07, 6.45) is -0.656. The molecule has 0 aliphatic heterocycles. The Hall–Kier alpha value is -2.89. The highest BCUT2D eigenvalue weighted by atomic mass is 16.6. The molecule has 6 heteroatoms. The molecule has 2 aromatic carbocycles. The Morgan fingerprint density at radius 3 is 2.42 bits per heavy atom. The molecule has 0 fully saturated rings. The lowest BCUT2D eigenvalue weighted by atomic mass is 9.85. The number of nitro groups is 1. The third-order valence-corrected chi connectivity index (χ3v) is 3.46.